The van der Waals surface area contributed by atoms with Crippen LogP contribution in [0.3, 0.4) is 0 Å². The highest BCUT2D eigenvalue weighted by atomic mass is 35.5. The lowest BCUT2D eigenvalue weighted by Crippen LogP contribution is -2.37. The molecule has 2 N–H and O–H groups in total. The van der Waals surface area contributed by atoms with Gasteiger partial charge >= 0.3 is 6.18 Å². The van der Waals surface area contributed by atoms with Crippen LogP contribution in [0.25, 0.3) is 0 Å². The van der Waals surface area contributed by atoms with Crippen molar-refractivity contribution in [1.82, 2.24) is 5.32 Å². The number of halogens is 4. The van der Waals surface area contributed by atoms with Gasteiger partial charge in [0.15, 0.2) is 0 Å². The first-order valence-electron chi connectivity index (χ1n) is 6.58. The van der Waals surface area contributed by atoms with Gasteiger partial charge in [0.2, 0.25) is 5.91 Å². The highest BCUT2D eigenvalue weighted by Crippen LogP contribution is 2.34. The van der Waals surface area contributed by atoms with Crippen LogP contribution in [-0.2, 0) is 11.0 Å². The number of anilines is 1. The Bertz CT molecular complexity index is 499. The molecule has 1 amide bonds. The number of piperidine rings is 1. The van der Waals surface area contributed by atoms with E-state index in [2.05, 4.69) is 10.6 Å². The van der Waals surface area contributed by atoms with Crippen molar-refractivity contribution in [2.75, 3.05) is 18.4 Å². The second kappa shape index (κ2) is 7.13. The van der Waals surface area contributed by atoms with Crippen LogP contribution < -0.4 is 10.6 Å². The Morgan fingerprint density at radius 1 is 1.38 bits per heavy atom. The second-order valence-electron chi connectivity index (χ2n) is 5.01. The Labute approximate surface area is 127 Å². The van der Waals surface area contributed by atoms with E-state index in [1.54, 1.807) is 0 Å². The number of carbonyl (C=O) groups excluding carboxylic acids is 1. The number of alkyl halides is 3. The number of amides is 1. The van der Waals surface area contributed by atoms with E-state index in [0.29, 0.717) is 6.54 Å². The zero-order valence-electron chi connectivity index (χ0n) is 11.6. The maximum absolute atomic E-state index is 12.8. The van der Waals surface area contributed by atoms with E-state index < -0.39 is 11.7 Å². The van der Waals surface area contributed by atoms with Crippen LogP contribution in [-0.4, -0.2) is 19.0 Å². The average molecular weight is 323 g/mol. The topological polar surface area (TPSA) is 41.1 Å². The minimum absolute atomic E-state index is 0. The molecule has 1 heterocycles. The molecular formula is C14H18ClF3N2O. The summed E-state index contributed by atoms with van der Waals surface area (Å²) in [6.07, 6.45) is -2.74. The van der Waals surface area contributed by atoms with E-state index in [4.69, 9.17) is 0 Å². The van der Waals surface area contributed by atoms with E-state index in [1.807, 2.05) is 0 Å². The summed E-state index contributed by atoms with van der Waals surface area (Å²) in [4.78, 5) is 12.0. The molecule has 3 nitrogen and oxygen atoms in total. The molecule has 0 radical (unpaired) electrons. The Hall–Kier alpha value is -1.27. The molecule has 21 heavy (non-hydrogen) atoms. The first-order valence-corrected chi connectivity index (χ1v) is 6.58. The first kappa shape index (κ1) is 17.8. The molecule has 118 valence electrons. The summed E-state index contributed by atoms with van der Waals surface area (Å²) in [6.45, 7) is 2.83. The fraction of sp³-hybridized carbons (Fsp3) is 0.500. The monoisotopic (exact) mass is 322 g/mol. The number of carbonyl (C=O) groups is 1. The number of hydrogen-bond donors (Lipinski definition) is 2. The zero-order chi connectivity index (χ0) is 14.8. The van der Waals surface area contributed by atoms with Crippen LogP contribution in [0.1, 0.15) is 24.0 Å². The van der Waals surface area contributed by atoms with Crippen molar-refractivity contribution >= 4 is 24.0 Å². The van der Waals surface area contributed by atoms with Gasteiger partial charge in [-0.05, 0) is 44.0 Å². The highest BCUT2D eigenvalue weighted by molar-refractivity contribution is 5.93. The zero-order valence-corrected chi connectivity index (χ0v) is 12.4. The largest absolute Gasteiger partial charge is 0.416 e. The van der Waals surface area contributed by atoms with Gasteiger partial charge in [-0.2, -0.15) is 13.2 Å². The number of benzene rings is 1. The minimum Gasteiger partial charge on any atom is -0.326 e. The highest BCUT2D eigenvalue weighted by Gasteiger charge is 2.33. The first-order chi connectivity index (χ1) is 9.39. The van der Waals surface area contributed by atoms with Crippen LogP contribution in [0.2, 0.25) is 0 Å². The third-order valence-corrected chi connectivity index (χ3v) is 3.56. The molecule has 0 bridgehead atoms. The van der Waals surface area contributed by atoms with Gasteiger partial charge in [0.05, 0.1) is 11.5 Å². The van der Waals surface area contributed by atoms with Crippen molar-refractivity contribution in [2.45, 2.75) is 25.9 Å². The van der Waals surface area contributed by atoms with Gasteiger partial charge in [-0.15, -0.1) is 12.4 Å². The Kier molecular flexibility index (Phi) is 6.04. The number of rotatable bonds is 2. The summed E-state index contributed by atoms with van der Waals surface area (Å²) in [6, 6.07) is 3.83. The molecule has 1 saturated heterocycles. The predicted molar refractivity (Wildman–Crippen MR) is 77.7 cm³/mol. The van der Waals surface area contributed by atoms with Gasteiger partial charge in [0, 0.05) is 12.2 Å². The molecule has 0 saturated carbocycles. The van der Waals surface area contributed by atoms with E-state index >= 15 is 0 Å². The predicted octanol–water partition coefficient (Wildman–Crippen LogP) is 3.37. The van der Waals surface area contributed by atoms with Crippen molar-refractivity contribution in [1.29, 1.82) is 0 Å². The third-order valence-electron chi connectivity index (χ3n) is 3.56. The van der Waals surface area contributed by atoms with Crippen molar-refractivity contribution in [3.63, 3.8) is 0 Å². The quantitative estimate of drug-likeness (QED) is 0.876. The summed E-state index contributed by atoms with van der Waals surface area (Å²) in [7, 11) is 0. The SMILES string of the molecule is Cc1c(NC(=O)C2CCCNC2)cccc1C(F)(F)F.Cl. The van der Waals surface area contributed by atoms with Crippen LogP contribution in [0.15, 0.2) is 18.2 Å². The van der Waals surface area contributed by atoms with Crippen molar-refractivity contribution < 1.29 is 18.0 Å². The van der Waals surface area contributed by atoms with Gasteiger partial charge in [-0.1, -0.05) is 6.07 Å². The molecule has 7 heteroatoms. The molecular weight excluding hydrogens is 305 g/mol. The van der Waals surface area contributed by atoms with Gasteiger partial charge in [0.1, 0.15) is 0 Å². The molecule has 2 rings (SSSR count). The lowest BCUT2D eigenvalue weighted by molar-refractivity contribution is -0.138. The molecule has 1 atom stereocenters. The summed E-state index contributed by atoms with van der Waals surface area (Å²) in [5, 5.41) is 5.72. The third kappa shape index (κ3) is 4.35. The van der Waals surface area contributed by atoms with Crippen molar-refractivity contribution in [2.24, 2.45) is 5.92 Å². The Morgan fingerprint density at radius 2 is 2.10 bits per heavy atom. The molecule has 1 aliphatic rings. The van der Waals surface area contributed by atoms with Crippen LogP contribution in [0.4, 0.5) is 18.9 Å². The van der Waals surface area contributed by atoms with Gasteiger partial charge < -0.3 is 10.6 Å². The summed E-state index contributed by atoms with van der Waals surface area (Å²) in [5.74, 6) is -0.405. The van der Waals surface area contributed by atoms with Crippen LogP contribution in [0, 0.1) is 12.8 Å². The van der Waals surface area contributed by atoms with E-state index in [9.17, 15) is 18.0 Å². The normalized spacial score (nSPS) is 18.8. The van der Waals surface area contributed by atoms with Gasteiger partial charge in [-0.25, -0.2) is 0 Å². The van der Waals surface area contributed by atoms with Crippen molar-refractivity contribution in [3.05, 3.63) is 29.3 Å². The molecule has 0 aromatic heterocycles. The van der Waals surface area contributed by atoms with E-state index in [1.165, 1.54) is 19.1 Å². The Balaban J connectivity index is 0.00000220. The Morgan fingerprint density at radius 3 is 2.67 bits per heavy atom. The standard InChI is InChI=1S/C14H17F3N2O.ClH/c1-9-11(14(15,16)17)5-2-6-12(9)19-13(20)10-4-3-7-18-8-10;/h2,5-6,10,18H,3-4,7-8H2,1H3,(H,19,20);1H. The smallest absolute Gasteiger partial charge is 0.326 e. The van der Waals surface area contributed by atoms with Crippen LogP contribution in [0.5, 0.6) is 0 Å². The van der Waals surface area contributed by atoms with Crippen LogP contribution >= 0.6 is 12.4 Å². The molecule has 1 aromatic rings. The van der Waals surface area contributed by atoms with E-state index in [0.717, 1.165) is 25.5 Å². The molecule has 1 aromatic carbocycles. The molecule has 1 aliphatic heterocycles. The lowest BCUT2D eigenvalue weighted by atomic mass is 9.98. The second-order valence-corrected chi connectivity index (χ2v) is 5.01. The number of hydrogen-bond acceptors (Lipinski definition) is 2. The fourth-order valence-electron chi connectivity index (χ4n) is 2.39. The lowest BCUT2D eigenvalue weighted by Gasteiger charge is -2.23. The number of nitrogens with one attached hydrogen (secondary N) is 2. The molecule has 1 fully saturated rings. The molecule has 0 spiro atoms. The average Bonchev–Trinajstić information content (AvgIpc) is 2.40. The fourth-order valence-corrected chi connectivity index (χ4v) is 2.39. The maximum atomic E-state index is 12.8. The van der Waals surface area contributed by atoms with Gasteiger partial charge in [0.25, 0.3) is 0 Å². The molecule has 1 unspecified atom stereocenters. The summed E-state index contributed by atoms with van der Waals surface area (Å²) < 4.78 is 38.4. The maximum Gasteiger partial charge on any atom is 0.416 e. The van der Waals surface area contributed by atoms with E-state index in [-0.39, 0.29) is 35.5 Å². The molecule has 0 aliphatic carbocycles. The summed E-state index contributed by atoms with van der Waals surface area (Å²) in [5.41, 5.74) is -0.426. The van der Waals surface area contributed by atoms with Crippen molar-refractivity contribution in [3.8, 4) is 0 Å². The summed E-state index contributed by atoms with van der Waals surface area (Å²) >= 11 is 0. The van der Waals surface area contributed by atoms with Gasteiger partial charge in [-0.3, -0.25) is 4.79 Å². The minimum atomic E-state index is -4.41.